The fourth-order valence-corrected chi connectivity index (χ4v) is 5.96. The van der Waals surface area contributed by atoms with Gasteiger partial charge in [-0.25, -0.2) is 4.57 Å². The molecular weight excluding hydrogens is 539 g/mol. The van der Waals surface area contributed by atoms with Crippen LogP contribution in [-0.2, 0) is 18.4 Å². The van der Waals surface area contributed by atoms with Gasteiger partial charge in [0.25, 0.3) is 0 Å². The van der Waals surface area contributed by atoms with Crippen LogP contribution in [0.25, 0.3) is 0 Å². The molecule has 2 aromatic rings. The van der Waals surface area contributed by atoms with Crippen molar-refractivity contribution in [1.29, 1.82) is 0 Å². The maximum absolute atomic E-state index is 13.3. The monoisotopic (exact) mass is 588 g/mol. The SMILES string of the molecule is CCCCCCCCCCCC(=O)Oc1ccc(C(=O)c2ccc(OP(=O)(OC(C)(C)C)OC(C)(C)C)cc2)cc1. The Bertz CT molecular complexity index is 1110. The molecule has 0 aliphatic carbocycles. The van der Waals surface area contributed by atoms with Crippen LogP contribution in [0.4, 0.5) is 0 Å². The molecule has 7 nitrogen and oxygen atoms in total. The van der Waals surface area contributed by atoms with E-state index < -0.39 is 19.0 Å². The highest BCUT2D eigenvalue weighted by molar-refractivity contribution is 7.49. The van der Waals surface area contributed by atoms with Crippen molar-refractivity contribution in [3.63, 3.8) is 0 Å². The number of ketones is 1. The zero-order valence-corrected chi connectivity index (χ0v) is 26.9. The summed E-state index contributed by atoms with van der Waals surface area (Å²) in [5.41, 5.74) is -0.638. The molecule has 228 valence electrons. The van der Waals surface area contributed by atoms with E-state index in [1.165, 1.54) is 38.5 Å². The molecule has 0 bridgehead atoms. The van der Waals surface area contributed by atoms with Crippen LogP contribution < -0.4 is 9.26 Å². The topological polar surface area (TPSA) is 88.1 Å². The van der Waals surface area contributed by atoms with Crippen LogP contribution in [0.15, 0.2) is 48.5 Å². The number of carbonyl (C=O) groups excluding carboxylic acids is 2. The first kappa shape index (κ1) is 34.7. The first-order chi connectivity index (χ1) is 19.2. The Morgan fingerprint density at radius 2 is 1.05 bits per heavy atom. The van der Waals surface area contributed by atoms with Crippen LogP contribution in [0.1, 0.15) is 129 Å². The van der Waals surface area contributed by atoms with Gasteiger partial charge in [-0.2, -0.15) is 0 Å². The van der Waals surface area contributed by atoms with Crippen molar-refractivity contribution in [2.24, 2.45) is 0 Å². The fourth-order valence-electron chi connectivity index (χ4n) is 4.13. The van der Waals surface area contributed by atoms with Gasteiger partial charge in [0.05, 0.1) is 11.2 Å². The second-order valence-electron chi connectivity index (χ2n) is 12.4. The molecule has 8 heteroatoms. The molecule has 0 aliphatic heterocycles. The molecule has 0 radical (unpaired) electrons. The Morgan fingerprint density at radius 1 is 0.634 bits per heavy atom. The van der Waals surface area contributed by atoms with Gasteiger partial charge in [0.1, 0.15) is 11.5 Å². The standard InChI is InChI=1S/C33H49O7P/c1-8-9-10-11-12-13-14-15-16-17-30(34)37-28-22-18-26(19-23-28)31(35)27-20-24-29(25-21-27)38-41(36,39-32(2,3)4)40-33(5,6)7/h18-25H,8-17H2,1-7H3. The first-order valence-electron chi connectivity index (χ1n) is 14.9. The molecule has 0 amide bonds. The summed E-state index contributed by atoms with van der Waals surface area (Å²) in [4.78, 5) is 25.2. The minimum atomic E-state index is -3.94. The van der Waals surface area contributed by atoms with E-state index in [9.17, 15) is 14.2 Å². The lowest BCUT2D eigenvalue weighted by atomic mass is 10.0. The summed E-state index contributed by atoms with van der Waals surface area (Å²) in [5.74, 6) is 0.210. The van der Waals surface area contributed by atoms with Crippen LogP contribution in [-0.4, -0.2) is 23.0 Å². The minimum absolute atomic E-state index is 0.204. The summed E-state index contributed by atoms with van der Waals surface area (Å²) < 4.78 is 35.7. The Morgan fingerprint density at radius 3 is 1.49 bits per heavy atom. The maximum atomic E-state index is 13.3. The summed E-state index contributed by atoms with van der Waals surface area (Å²) in [7, 11) is -3.94. The third-order valence-corrected chi connectivity index (χ3v) is 7.91. The first-order valence-corrected chi connectivity index (χ1v) is 16.3. The Kier molecular flexibility index (Phi) is 13.8. The van der Waals surface area contributed by atoms with Crippen LogP contribution >= 0.6 is 7.82 Å². The lowest BCUT2D eigenvalue weighted by Gasteiger charge is -2.30. The molecule has 0 unspecified atom stereocenters. The molecule has 0 aliphatic rings. The van der Waals surface area contributed by atoms with Crippen LogP contribution in [0.2, 0.25) is 0 Å². The molecular formula is C33H49O7P. The lowest BCUT2D eigenvalue weighted by molar-refractivity contribution is -0.134. The second-order valence-corrected chi connectivity index (χ2v) is 13.8. The summed E-state index contributed by atoms with van der Waals surface area (Å²) in [6.07, 6.45) is 11.1. The Hall–Kier alpha value is -2.47. The van der Waals surface area contributed by atoms with Gasteiger partial charge < -0.3 is 9.26 Å². The third kappa shape index (κ3) is 14.3. The molecule has 0 saturated heterocycles. The minimum Gasteiger partial charge on any atom is -0.427 e. The van der Waals surface area contributed by atoms with E-state index in [0.717, 1.165) is 19.3 Å². The van der Waals surface area contributed by atoms with E-state index in [2.05, 4.69) is 6.92 Å². The average Bonchev–Trinajstić information content (AvgIpc) is 2.85. The van der Waals surface area contributed by atoms with Gasteiger partial charge in [0.2, 0.25) is 0 Å². The average molecular weight is 589 g/mol. The molecule has 41 heavy (non-hydrogen) atoms. The van der Waals surface area contributed by atoms with Crippen molar-refractivity contribution in [3.8, 4) is 11.5 Å². The normalized spacial score (nSPS) is 12.3. The van der Waals surface area contributed by atoms with E-state index in [1.807, 2.05) is 0 Å². The highest BCUT2D eigenvalue weighted by atomic mass is 31.2. The van der Waals surface area contributed by atoms with E-state index in [1.54, 1.807) is 90.1 Å². The van der Waals surface area contributed by atoms with Gasteiger partial charge >= 0.3 is 13.8 Å². The van der Waals surface area contributed by atoms with Gasteiger partial charge in [-0.15, -0.1) is 0 Å². The summed E-state index contributed by atoms with van der Waals surface area (Å²) in [6.45, 7) is 12.8. The van der Waals surface area contributed by atoms with Gasteiger partial charge in [-0.05, 0) is 96.5 Å². The smallest absolute Gasteiger partial charge is 0.427 e. The van der Waals surface area contributed by atoms with Gasteiger partial charge in [-0.3, -0.25) is 18.6 Å². The van der Waals surface area contributed by atoms with Gasteiger partial charge in [0, 0.05) is 17.5 Å². The van der Waals surface area contributed by atoms with Gasteiger partial charge in [-0.1, -0.05) is 58.3 Å². The predicted molar refractivity (Wildman–Crippen MR) is 164 cm³/mol. The van der Waals surface area contributed by atoms with Crippen molar-refractivity contribution in [3.05, 3.63) is 59.7 Å². The number of benzene rings is 2. The van der Waals surface area contributed by atoms with Crippen molar-refractivity contribution >= 4 is 19.6 Å². The van der Waals surface area contributed by atoms with Crippen LogP contribution in [0, 0.1) is 0 Å². The maximum Gasteiger partial charge on any atom is 0.531 e. The number of ether oxygens (including phenoxy) is 1. The molecule has 0 atom stereocenters. The number of phosphoric acid groups is 1. The zero-order valence-electron chi connectivity index (χ0n) is 26.0. The van der Waals surface area contributed by atoms with Crippen molar-refractivity contribution < 1.29 is 32.5 Å². The number of rotatable bonds is 17. The summed E-state index contributed by atoms with van der Waals surface area (Å²) in [5, 5.41) is 0. The molecule has 0 heterocycles. The van der Waals surface area contributed by atoms with Crippen molar-refractivity contribution in [2.45, 2.75) is 124 Å². The molecule has 0 aromatic heterocycles. The van der Waals surface area contributed by atoms with Crippen LogP contribution in [0.3, 0.4) is 0 Å². The molecule has 2 aromatic carbocycles. The number of hydrogen-bond donors (Lipinski definition) is 0. The van der Waals surface area contributed by atoms with Crippen molar-refractivity contribution in [2.75, 3.05) is 0 Å². The Balaban J connectivity index is 1.87. The molecule has 0 N–H and O–H groups in total. The van der Waals surface area contributed by atoms with Crippen molar-refractivity contribution in [1.82, 2.24) is 0 Å². The number of carbonyl (C=O) groups is 2. The quantitative estimate of drug-likeness (QED) is 0.0597. The molecule has 0 spiro atoms. The summed E-state index contributed by atoms with van der Waals surface area (Å²) in [6, 6.07) is 12.8. The molecule has 0 fully saturated rings. The van der Waals surface area contributed by atoms with E-state index in [-0.39, 0.29) is 17.5 Å². The summed E-state index contributed by atoms with van der Waals surface area (Å²) >= 11 is 0. The number of esters is 1. The Labute approximate surface area is 246 Å². The molecule has 2 rings (SSSR count). The largest absolute Gasteiger partial charge is 0.531 e. The van der Waals surface area contributed by atoms with Crippen LogP contribution in [0.5, 0.6) is 11.5 Å². The zero-order chi connectivity index (χ0) is 30.5. The van der Waals surface area contributed by atoms with Gasteiger partial charge in [0.15, 0.2) is 5.78 Å². The predicted octanol–water partition coefficient (Wildman–Crippen LogP) is 9.86. The third-order valence-electron chi connectivity index (χ3n) is 5.94. The second kappa shape index (κ2) is 16.2. The lowest BCUT2D eigenvalue weighted by Crippen LogP contribution is -2.25. The number of hydrogen-bond acceptors (Lipinski definition) is 7. The van der Waals surface area contributed by atoms with E-state index in [0.29, 0.717) is 23.3 Å². The number of phosphoric ester groups is 1. The number of unbranched alkanes of at least 4 members (excludes halogenated alkanes) is 8. The van der Waals surface area contributed by atoms with E-state index in [4.69, 9.17) is 18.3 Å². The highest BCUT2D eigenvalue weighted by Gasteiger charge is 2.38. The van der Waals surface area contributed by atoms with E-state index >= 15 is 0 Å². The highest BCUT2D eigenvalue weighted by Crippen LogP contribution is 2.55. The molecule has 0 saturated carbocycles. The fraction of sp³-hybridized carbons (Fsp3) is 0.576.